The Labute approximate surface area is 106 Å². The van der Waals surface area contributed by atoms with Gasteiger partial charge in [0.25, 0.3) is 0 Å². The molecule has 102 valence electrons. The van der Waals surface area contributed by atoms with Gasteiger partial charge in [-0.2, -0.15) is 0 Å². The van der Waals surface area contributed by atoms with Gasteiger partial charge in [-0.3, -0.25) is 0 Å². The molecular weight excluding hydrogens is 278 g/mol. The lowest BCUT2D eigenvalue weighted by molar-refractivity contribution is 0.597. The molecule has 0 heterocycles. The summed E-state index contributed by atoms with van der Waals surface area (Å²) in [7, 11) is -6.98. The molecule has 1 aromatic carbocycles. The van der Waals surface area contributed by atoms with Gasteiger partial charge < -0.3 is 11.1 Å². The Balaban J connectivity index is 2.92. The first-order valence-electron chi connectivity index (χ1n) is 4.94. The Morgan fingerprint density at radius 1 is 1.22 bits per heavy atom. The lowest BCUT2D eigenvalue weighted by Crippen LogP contribution is -2.22. The van der Waals surface area contributed by atoms with Crippen LogP contribution in [0.4, 0.5) is 11.4 Å². The number of primary sulfonamides is 1. The van der Waals surface area contributed by atoms with Gasteiger partial charge >= 0.3 is 0 Å². The Bertz CT molecular complexity index is 638. The minimum absolute atomic E-state index is 0.00288. The van der Waals surface area contributed by atoms with Crippen LogP contribution in [-0.2, 0) is 19.9 Å². The van der Waals surface area contributed by atoms with Crippen molar-refractivity contribution in [3.05, 3.63) is 18.2 Å². The van der Waals surface area contributed by atoms with Crippen molar-refractivity contribution in [3.8, 4) is 0 Å². The topological polar surface area (TPSA) is 132 Å². The summed E-state index contributed by atoms with van der Waals surface area (Å²) in [4.78, 5) is 0.00288. The molecule has 0 radical (unpaired) electrons. The second-order valence-electron chi connectivity index (χ2n) is 3.78. The molecule has 0 saturated carbocycles. The highest BCUT2D eigenvalue weighted by Crippen LogP contribution is 2.26. The summed E-state index contributed by atoms with van der Waals surface area (Å²) in [5.41, 5.74) is 6.12. The van der Waals surface area contributed by atoms with Crippen molar-refractivity contribution < 1.29 is 16.8 Å². The maximum Gasteiger partial charge on any atom is 0.210 e. The first-order chi connectivity index (χ1) is 8.11. The highest BCUT2D eigenvalue weighted by Gasteiger charge is 2.14. The molecule has 0 aliphatic carbocycles. The number of sulfonamides is 1. The van der Waals surface area contributed by atoms with Gasteiger partial charge in [0.2, 0.25) is 10.0 Å². The number of sulfone groups is 1. The molecule has 0 aliphatic rings. The number of anilines is 2. The average Bonchev–Trinajstić information content (AvgIpc) is 2.17. The van der Waals surface area contributed by atoms with Crippen LogP contribution in [0.5, 0.6) is 0 Å². The summed E-state index contributed by atoms with van der Waals surface area (Å²) in [5, 5.41) is 7.58. The smallest absolute Gasteiger partial charge is 0.210 e. The Morgan fingerprint density at radius 3 is 2.33 bits per heavy atom. The number of nitrogens with one attached hydrogen (secondary N) is 1. The summed E-state index contributed by atoms with van der Waals surface area (Å²) >= 11 is 0. The van der Waals surface area contributed by atoms with E-state index >= 15 is 0 Å². The molecule has 0 amide bonds. The zero-order chi connectivity index (χ0) is 14.0. The van der Waals surface area contributed by atoms with Crippen LogP contribution >= 0.6 is 0 Å². The minimum atomic E-state index is -3.57. The Hall–Kier alpha value is -1.32. The number of para-hydroxylation sites is 1. The molecule has 0 unspecified atom stereocenters. The predicted octanol–water partition coefficient (Wildman–Crippen LogP) is -0.627. The molecule has 0 bridgehead atoms. The number of nitrogens with two attached hydrogens (primary N) is 2. The number of hydrogen-bond donors (Lipinski definition) is 3. The predicted molar refractivity (Wildman–Crippen MR) is 70.4 cm³/mol. The fraction of sp³-hybridized carbons (Fsp3) is 0.333. The molecule has 0 saturated heterocycles. The van der Waals surface area contributed by atoms with Crippen LogP contribution in [0.3, 0.4) is 0 Å². The zero-order valence-electron chi connectivity index (χ0n) is 9.75. The zero-order valence-corrected chi connectivity index (χ0v) is 11.4. The van der Waals surface area contributed by atoms with Gasteiger partial charge in [0.05, 0.1) is 22.0 Å². The van der Waals surface area contributed by atoms with Crippen molar-refractivity contribution in [2.24, 2.45) is 5.14 Å². The van der Waals surface area contributed by atoms with Crippen molar-refractivity contribution in [3.63, 3.8) is 0 Å². The summed E-state index contributed by atoms with van der Waals surface area (Å²) < 4.78 is 44.3. The van der Waals surface area contributed by atoms with E-state index < -0.39 is 19.9 Å². The number of nitrogen functional groups attached to an aromatic ring is 1. The third-order valence-electron chi connectivity index (χ3n) is 2.17. The van der Waals surface area contributed by atoms with Gasteiger partial charge in [-0.15, -0.1) is 0 Å². The highest BCUT2D eigenvalue weighted by atomic mass is 32.2. The second-order valence-corrected chi connectivity index (χ2v) is 7.50. The molecule has 0 atom stereocenters. The molecule has 0 spiro atoms. The van der Waals surface area contributed by atoms with E-state index in [9.17, 15) is 16.8 Å². The van der Waals surface area contributed by atoms with E-state index in [-0.39, 0.29) is 22.9 Å². The summed E-state index contributed by atoms with van der Waals surface area (Å²) in [6.45, 7) is 0.0518. The van der Waals surface area contributed by atoms with Gasteiger partial charge in [0, 0.05) is 12.8 Å². The van der Waals surface area contributed by atoms with Crippen molar-refractivity contribution in [1.82, 2.24) is 0 Å². The van der Waals surface area contributed by atoms with E-state index in [1.54, 1.807) is 6.07 Å². The van der Waals surface area contributed by atoms with Crippen LogP contribution in [0.1, 0.15) is 0 Å². The standard InChI is InChI=1S/C9H15N3O4S2/c1-17(13,14)8-4-2-3-7(9(8)10)12-5-6-18(11,15)16/h2-4,12H,5-6,10H2,1H3,(H2,11,15,16). The van der Waals surface area contributed by atoms with Crippen LogP contribution in [0.2, 0.25) is 0 Å². The number of benzene rings is 1. The minimum Gasteiger partial charge on any atom is -0.396 e. The summed E-state index contributed by atoms with van der Waals surface area (Å²) in [6, 6.07) is 4.47. The van der Waals surface area contributed by atoms with Crippen LogP contribution in [0.25, 0.3) is 0 Å². The quantitative estimate of drug-likeness (QED) is 0.619. The lowest BCUT2D eigenvalue weighted by atomic mass is 10.2. The Morgan fingerprint density at radius 2 is 1.83 bits per heavy atom. The van der Waals surface area contributed by atoms with Crippen LogP contribution in [0.15, 0.2) is 23.1 Å². The second kappa shape index (κ2) is 5.12. The molecule has 18 heavy (non-hydrogen) atoms. The van der Waals surface area contributed by atoms with E-state index in [0.717, 1.165) is 6.26 Å². The third kappa shape index (κ3) is 4.17. The highest BCUT2D eigenvalue weighted by molar-refractivity contribution is 7.91. The molecule has 0 aromatic heterocycles. The van der Waals surface area contributed by atoms with Crippen molar-refractivity contribution in [2.75, 3.05) is 29.6 Å². The molecular formula is C9H15N3O4S2. The fourth-order valence-electron chi connectivity index (χ4n) is 1.35. The van der Waals surface area contributed by atoms with Crippen molar-refractivity contribution >= 4 is 31.2 Å². The average molecular weight is 293 g/mol. The monoisotopic (exact) mass is 293 g/mol. The molecule has 1 rings (SSSR count). The SMILES string of the molecule is CS(=O)(=O)c1cccc(NCCS(N)(=O)=O)c1N. The molecule has 9 heteroatoms. The van der Waals surface area contributed by atoms with E-state index in [2.05, 4.69) is 5.32 Å². The molecule has 1 aromatic rings. The van der Waals surface area contributed by atoms with Crippen LogP contribution < -0.4 is 16.2 Å². The van der Waals surface area contributed by atoms with Gasteiger partial charge in [-0.05, 0) is 12.1 Å². The Kier molecular flexibility index (Phi) is 4.20. The normalized spacial score (nSPS) is 12.3. The number of rotatable bonds is 5. The summed E-state index contributed by atoms with van der Waals surface area (Å²) in [6.07, 6.45) is 1.05. The van der Waals surface area contributed by atoms with E-state index in [4.69, 9.17) is 10.9 Å². The van der Waals surface area contributed by atoms with Gasteiger partial charge in [-0.1, -0.05) is 6.07 Å². The van der Waals surface area contributed by atoms with Gasteiger partial charge in [0.1, 0.15) is 0 Å². The van der Waals surface area contributed by atoms with Crippen LogP contribution in [-0.4, -0.2) is 35.4 Å². The van der Waals surface area contributed by atoms with Crippen molar-refractivity contribution in [2.45, 2.75) is 4.90 Å². The molecule has 0 fully saturated rings. The van der Waals surface area contributed by atoms with E-state index in [1.165, 1.54) is 12.1 Å². The van der Waals surface area contributed by atoms with Crippen molar-refractivity contribution in [1.29, 1.82) is 0 Å². The maximum absolute atomic E-state index is 11.4. The molecule has 7 nitrogen and oxygen atoms in total. The van der Waals surface area contributed by atoms with Crippen LogP contribution in [0, 0.1) is 0 Å². The third-order valence-corrected chi connectivity index (χ3v) is 4.10. The van der Waals surface area contributed by atoms with Gasteiger partial charge in [0.15, 0.2) is 9.84 Å². The van der Waals surface area contributed by atoms with E-state index in [0.29, 0.717) is 5.69 Å². The number of hydrogen-bond acceptors (Lipinski definition) is 6. The molecule has 5 N–H and O–H groups in total. The van der Waals surface area contributed by atoms with E-state index in [1.807, 2.05) is 0 Å². The first-order valence-corrected chi connectivity index (χ1v) is 8.55. The first kappa shape index (κ1) is 14.7. The molecule has 0 aliphatic heterocycles. The van der Waals surface area contributed by atoms with Gasteiger partial charge in [-0.25, -0.2) is 22.0 Å². The summed E-state index contributed by atoms with van der Waals surface area (Å²) in [5.74, 6) is -0.268. The fourth-order valence-corrected chi connectivity index (χ4v) is 2.57. The maximum atomic E-state index is 11.4. The largest absolute Gasteiger partial charge is 0.396 e. The lowest BCUT2D eigenvalue weighted by Gasteiger charge is -2.11.